The molecule has 2 N–H and O–H groups in total. The minimum atomic E-state index is -3.55. The number of aliphatic hydroxyl groups excluding tert-OH is 1. The number of nitrogens with zero attached hydrogens (tertiary/aromatic N) is 2. The van der Waals surface area contributed by atoms with Crippen molar-refractivity contribution in [2.45, 2.75) is 50.3 Å². The van der Waals surface area contributed by atoms with Gasteiger partial charge in [-0.3, -0.25) is 5.10 Å². The number of hydrogen-bond acceptors (Lipinski definition) is 4. The summed E-state index contributed by atoms with van der Waals surface area (Å²) in [6.07, 6.45) is 5.00. The molecular weight excluding hydrogens is 254 g/mol. The van der Waals surface area contributed by atoms with Crippen LogP contribution in [0.4, 0.5) is 0 Å². The van der Waals surface area contributed by atoms with Crippen molar-refractivity contribution in [1.29, 1.82) is 0 Å². The fraction of sp³-hybridized carbons (Fsp3) is 0.727. The molecular formula is C11H19N3O3S. The van der Waals surface area contributed by atoms with Crippen LogP contribution in [0, 0.1) is 0 Å². The Bertz CT molecular complexity index is 493. The van der Waals surface area contributed by atoms with Crippen LogP contribution < -0.4 is 0 Å². The lowest BCUT2D eigenvalue weighted by Gasteiger charge is -2.21. The van der Waals surface area contributed by atoms with Gasteiger partial charge < -0.3 is 5.11 Å². The summed E-state index contributed by atoms with van der Waals surface area (Å²) < 4.78 is 26.6. The first kappa shape index (κ1) is 13.5. The zero-order valence-corrected chi connectivity index (χ0v) is 11.3. The molecule has 0 radical (unpaired) electrons. The van der Waals surface area contributed by atoms with Gasteiger partial charge in [0.2, 0.25) is 0 Å². The Morgan fingerprint density at radius 3 is 2.83 bits per heavy atom. The number of aromatic nitrogens is 2. The van der Waals surface area contributed by atoms with Crippen LogP contribution in [-0.4, -0.2) is 40.6 Å². The van der Waals surface area contributed by atoms with Crippen LogP contribution >= 0.6 is 0 Å². The summed E-state index contributed by atoms with van der Waals surface area (Å²) in [5.74, 6) is 0. The molecule has 1 aromatic rings. The minimum Gasteiger partial charge on any atom is -0.392 e. The van der Waals surface area contributed by atoms with Gasteiger partial charge in [0.25, 0.3) is 10.0 Å². The maximum absolute atomic E-state index is 12.5. The van der Waals surface area contributed by atoms with E-state index < -0.39 is 10.0 Å². The Kier molecular flexibility index (Phi) is 4.04. The highest BCUT2D eigenvalue weighted by atomic mass is 32.2. The van der Waals surface area contributed by atoms with Crippen LogP contribution in [0.3, 0.4) is 0 Å². The largest absolute Gasteiger partial charge is 0.392 e. The molecule has 18 heavy (non-hydrogen) atoms. The molecule has 1 aromatic heterocycles. The molecule has 1 saturated carbocycles. The van der Waals surface area contributed by atoms with Gasteiger partial charge in [0.05, 0.1) is 12.8 Å². The Labute approximate surface area is 107 Å². The Hall–Kier alpha value is -0.920. The molecule has 1 fully saturated rings. The second-order valence-corrected chi connectivity index (χ2v) is 6.41. The third kappa shape index (κ3) is 2.57. The van der Waals surface area contributed by atoms with Crippen LogP contribution in [0.5, 0.6) is 0 Å². The molecule has 1 aliphatic rings. The summed E-state index contributed by atoms with van der Waals surface area (Å²) in [5, 5.41) is 15.4. The standard InChI is InChI=1S/C11H19N3O3S/c1-2-3-6-14(10-4-5-10)18(16,17)11-9(8-15)7-12-13-11/h7,10,15H,2-6,8H2,1H3,(H,12,13). The number of aromatic amines is 1. The van der Waals surface area contributed by atoms with Gasteiger partial charge in [-0.25, -0.2) is 8.42 Å². The molecule has 0 saturated heterocycles. The lowest BCUT2D eigenvalue weighted by atomic mass is 10.3. The first-order valence-corrected chi connectivity index (χ1v) is 7.70. The average molecular weight is 273 g/mol. The van der Waals surface area contributed by atoms with Gasteiger partial charge in [-0.05, 0) is 19.3 Å². The number of aliphatic hydroxyl groups is 1. The normalized spacial score (nSPS) is 16.4. The zero-order chi connectivity index (χ0) is 13.2. The van der Waals surface area contributed by atoms with Gasteiger partial charge >= 0.3 is 0 Å². The van der Waals surface area contributed by atoms with Crippen LogP contribution in [0.2, 0.25) is 0 Å². The number of hydrogen-bond donors (Lipinski definition) is 2. The molecule has 0 unspecified atom stereocenters. The molecule has 2 rings (SSSR count). The highest BCUT2D eigenvalue weighted by molar-refractivity contribution is 7.89. The molecule has 0 spiro atoms. The highest BCUT2D eigenvalue weighted by Gasteiger charge is 2.39. The predicted octanol–water partition coefficient (Wildman–Crippen LogP) is 0.855. The summed E-state index contributed by atoms with van der Waals surface area (Å²) in [6.45, 7) is 2.25. The SMILES string of the molecule is CCCCN(C1CC1)S(=O)(=O)c1[nH]ncc1CO. The van der Waals surface area contributed by atoms with Gasteiger partial charge in [0.15, 0.2) is 5.03 Å². The lowest BCUT2D eigenvalue weighted by molar-refractivity contribution is 0.277. The molecule has 6 nitrogen and oxygen atoms in total. The van der Waals surface area contributed by atoms with Crippen molar-refractivity contribution in [2.24, 2.45) is 0 Å². The molecule has 0 bridgehead atoms. The minimum absolute atomic E-state index is 0.0352. The van der Waals surface area contributed by atoms with E-state index in [4.69, 9.17) is 5.11 Å². The van der Waals surface area contributed by atoms with Crippen LogP contribution in [0.15, 0.2) is 11.2 Å². The van der Waals surface area contributed by atoms with Crippen LogP contribution in [-0.2, 0) is 16.6 Å². The number of H-pyrrole nitrogens is 1. The number of unbranched alkanes of at least 4 members (excludes halogenated alkanes) is 1. The van der Waals surface area contributed by atoms with E-state index in [-0.39, 0.29) is 17.7 Å². The van der Waals surface area contributed by atoms with Gasteiger partial charge in [-0.2, -0.15) is 9.40 Å². The first-order chi connectivity index (χ1) is 8.61. The third-order valence-corrected chi connectivity index (χ3v) is 5.07. The van der Waals surface area contributed by atoms with Crippen molar-refractivity contribution in [2.75, 3.05) is 6.54 Å². The third-order valence-electron chi connectivity index (χ3n) is 3.10. The fourth-order valence-electron chi connectivity index (χ4n) is 1.93. The summed E-state index contributed by atoms with van der Waals surface area (Å²) in [7, 11) is -3.55. The van der Waals surface area contributed by atoms with Crippen molar-refractivity contribution >= 4 is 10.0 Å². The Balaban J connectivity index is 2.27. The average Bonchev–Trinajstić information content (AvgIpc) is 3.05. The smallest absolute Gasteiger partial charge is 0.260 e. The molecule has 1 heterocycles. The predicted molar refractivity (Wildman–Crippen MR) is 66.3 cm³/mol. The molecule has 0 amide bonds. The van der Waals surface area contributed by atoms with E-state index in [0.29, 0.717) is 12.1 Å². The molecule has 0 aromatic carbocycles. The number of sulfonamides is 1. The van der Waals surface area contributed by atoms with E-state index >= 15 is 0 Å². The second kappa shape index (κ2) is 5.38. The Morgan fingerprint density at radius 2 is 2.28 bits per heavy atom. The molecule has 0 aliphatic heterocycles. The molecule has 0 atom stereocenters. The van der Waals surface area contributed by atoms with E-state index in [1.54, 1.807) is 4.31 Å². The van der Waals surface area contributed by atoms with Crippen LogP contribution in [0.1, 0.15) is 38.2 Å². The van der Waals surface area contributed by atoms with Crippen molar-refractivity contribution < 1.29 is 13.5 Å². The molecule has 7 heteroatoms. The number of rotatable bonds is 7. The summed E-state index contributed by atoms with van der Waals surface area (Å²) in [6, 6.07) is 0.122. The molecule has 102 valence electrons. The van der Waals surface area contributed by atoms with Crippen molar-refractivity contribution in [3.63, 3.8) is 0 Å². The fourth-order valence-corrected chi connectivity index (χ4v) is 3.75. The van der Waals surface area contributed by atoms with Crippen LogP contribution in [0.25, 0.3) is 0 Å². The highest BCUT2D eigenvalue weighted by Crippen LogP contribution is 2.32. The van der Waals surface area contributed by atoms with E-state index in [0.717, 1.165) is 25.7 Å². The van der Waals surface area contributed by atoms with Gasteiger partial charge in [0.1, 0.15) is 0 Å². The maximum Gasteiger partial charge on any atom is 0.260 e. The monoisotopic (exact) mass is 273 g/mol. The Morgan fingerprint density at radius 1 is 1.56 bits per heavy atom. The van der Waals surface area contributed by atoms with E-state index in [9.17, 15) is 8.42 Å². The van der Waals surface area contributed by atoms with Gasteiger partial charge in [-0.15, -0.1) is 0 Å². The second-order valence-electron chi connectivity index (χ2n) is 4.58. The van der Waals surface area contributed by atoms with Gasteiger partial charge in [-0.1, -0.05) is 13.3 Å². The van der Waals surface area contributed by atoms with Crippen molar-refractivity contribution in [1.82, 2.24) is 14.5 Å². The van der Waals surface area contributed by atoms with Crippen molar-refractivity contribution in [3.8, 4) is 0 Å². The molecule has 1 aliphatic carbocycles. The first-order valence-electron chi connectivity index (χ1n) is 6.26. The topological polar surface area (TPSA) is 86.3 Å². The van der Waals surface area contributed by atoms with E-state index in [2.05, 4.69) is 10.2 Å². The van der Waals surface area contributed by atoms with E-state index in [1.807, 2.05) is 6.92 Å². The lowest BCUT2D eigenvalue weighted by Crippen LogP contribution is -2.34. The summed E-state index contributed by atoms with van der Waals surface area (Å²) >= 11 is 0. The van der Waals surface area contributed by atoms with Crippen molar-refractivity contribution in [3.05, 3.63) is 11.8 Å². The quantitative estimate of drug-likeness (QED) is 0.771. The summed E-state index contributed by atoms with van der Waals surface area (Å²) in [4.78, 5) is 0. The zero-order valence-electron chi connectivity index (χ0n) is 10.5. The summed E-state index contributed by atoms with van der Waals surface area (Å²) in [5.41, 5.74) is 0.331. The van der Waals surface area contributed by atoms with E-state index in [1.165, 1.54) is 6.20 Å². The number of nitrogens with one attached hydrogen (secondary N) is 1. The van der Waals surface area contributed by atoms with Gasteiger partial charge in [0, 0.05) is 18.2 Å². The maximum atomic E-state index is 12.5.